The van der Waals surface area contributed by atoms with E-state index in [9.17, 15) is 18.3 Å². The van der Waals surface area contributed by atoms with E-state index in [1.54, 1.807) is 0 Å². The Labute approximate surface area is 122 Å². The lowest BCUT2D eigenvalue weighted by molar-refractivity contribution is -0.137. The average molecular weight is 294 g/mol. The average Bonchev–Trinajstić information content (AvgIpc) is 2.47. The molecular formula is C17H17F3O. The third-order valence-corrected chi connectivity index (χ3v) is 3.44. The van der Waals surface area contributed by atoms with E-state index in [0.29, 0.717) is 12.8 Å². The first-order valence-electron chi connectivity index (χ1n) is 6.85. The highest BCUT2D eigenvalue weighted by Crippen LogP contribution is 2.31. The molecule has 2 aromatic rings. The fourth-order valence-electron chi connectivity index (χ4n) is 2.10. The van der Waals surface area contributed by atoms with Gasteiger partial charge in [-0.3, -0.25) is 0 Å². The van der Waals surface area contributed by atoms with Gasteiger partial charge in [0.05, 0.1) is 11.7 Å². The Kier molecular flexibility index (Phi) is 4.68. The van der Waals surface area contributed by atoms with Crippen LogP contribution in [-0.2, 0) is 12.6 Å². The van der Waals surface area contributed by atoms with E-state index in [4.69, 9.17) is 0 Å². The first-order valence-corrected chi connectivity index (χ1v) is 6.85. The summed E-state index contributed by atoms with van der Waals surface area (Å²) in [6.07, 6.45) is -3.38. The molecule has 0 aliphatic rings. The van der Waals surface area contributed by atoms with Gasteiger partial charge >= 0.3 is 6.18 Å². The third-order valence-electron chi connectivity index (χ3n) is 3.44. The van der Waals surface area contributed by atoms with Crippen LogP contribution in [0.1, 0.15) is 24.5 Å². The zero-order valence-corrected chi connectivity index (χ0v) is 11.7. The summed E-state index contributed by atoms with van der Waals surface area (Å²) < 4.78 is 37.5. The number of benzene rings is 2. The van der Waals surface area contributed by atoms with E-state index in [1.165, 1.54) is 12.1 Å². The summed E-state index contributed by atoms with van der Waals surface area (Å²) in [7, 11) is 0. The van der Waals surface area contributed by atoms with Crippen molar-refractivity contribution in [1.82, 2.24) is 0 Å². The largest absolute Gasteiger partial charge is 0.416 e. The van der Waals surface area contributed by atoms with Crippen LogP contribution < -0.4 is 0 Å². The third kappa shape index (κ3) is 4.08. The van der Waals surface area contributed by atoms with Crippen LogP contribution in [0.3, 0.4) is 0 Å². The summed E-state index contributed by atoms with van der Waals surface area (Å²) in [6, 6.07) is 12.6. The summed E-state index contributed by atoms with van der Waals surface area (Å²) in [6.45, 7) is 1.92. The Bertz CT molecular complexity index is 570. The number of aliphatic hydroxyl groups is 1. The molecule has 0 saturated carbocycles. The molecule has 0 aliphatic carbocycles. The molecule has 0 bridgehead atoms. The Morgan fingerprint density at radius 2 is 1.38 bits per heavy atom. The van der Waals surface area contributed by atoms with Gasteiger partial charge in [0, 0.05) is 0 Å². The second-order valence-corrected chi connectivity index (χ2v) is 5.04. The number of halogens is 3. The maximum atomic E-state index is 12.5. The van der Waals surface area contributed by atoms with Crippen LogP contribution in [0.15, 0.2) is 48.5 Å². The maximum Gasteiger partial charge on any atom is 0.416 e. The van der Waals surface area contributed by atoms with Crippen LogP contribution >= 0.6 is 0 Å². The quantitative estimate of drug-likeness (QED) is 0.867. The SMILES string of the molecule is CCC(O)Cc1ccc(-c2ccc(C(F)(F)F)cc2)cc1. The fourth-order valence-corrected chi connectivity index (χ4v) is 2.10. The van der Waals surface area contributed by atoms with Gasteiger partial charge in [0.25, 0.3) is 0 Å². The van der Waals surface area contributed by atoms with Crippen molar-refractivity contribution >= 4 is 0 Å². The number of hydrogen-bond acceptors (Lipinski definition) is 1. The summed E-state index contributed by atoms with van der Waals surface area (Å²) in [4.78, 5) is 0. The molecule has 0 radical (unpaired) electrons. The first kappa shape index (κ1) is 15.6. The van der Waals surface area contributed by atoms with Crippen molar-refractivity contribution in [3.05, 3.63) is 59.7 Å². The molecule has 1 unspecified atom stereocenters. The van der Waals surface area contributed by atoms with Crippen molar-refractivity contribution in [3.63, 3.8) is 0 Å². The molecule has 1 nitrogen and oxygen atoms in total. The summed E-state index contributed by atoms with van der Waals surface area (Å²) >= 11 is 0. The number of aliphatic hydroxyl groups excluding tert-OH is 1. The smallest absolute Gasteiger partial charge is 0.393 e. The molecular weight excluding hydrogens is 277 g/mol. The van der Waals surface area contributed by atoms with E-state index in [0.717, 1.165) is 28.8 Å². The molecule has 0 aromatic heterocycles. The predicted molar refractivity (Wildman–Crippen MR) is 76.9 cm³/mol. The summed E-state index contributed by atoms with van der Waals surface area (Å²) in [5.74, 6) is 0. The Hall–Kier alpha value is -1.81. The molecule has 0 amide bonds. The Morgan fingerprint density at radius 1 is 0.905 bits per heavy atom. The van der Waals surface area contributed by atoms with Crippen LogP contribution in [0.25, 0.3) is 11.1 Å². The highest BCUT2D eigenvalue weighted by Gasteiger charge is 2.29. The minimum absolute atomic E-state index is 0.359. The van der Waals surface area contributed by atoms with Crippen molar-refractivity contribution in [2.75, 3.05) is 0 Å². The van der Waals surface area contributed by atoms with Crippen LogP contribution in [0, 0.1) is 0 Å². The molecule has 0 fully saturated rings. The lowest BCUT2D eigenvalue weighted by atomic mass is 10.00. The zero-order chi connectivity index (χ0) is 15.5. The molecule has 21 heavy (non-hydrogen) atoms. The molecule has 4 heteroatoms. The maximum absolute atomic E-state index is 12.5. The normalized spacial score (nSPS) is 13.2. The predicted octanol–water partition coefficient (Wildman–Crippen LogP) is 4.69. The molecule has 2 aromatic carbocycles. The van der Waals surface area contributed by atoms with E-state index < -0.39 is 11.7 Å². The number of alkyl halides is 3. The highest BCUT2D eigenvalue weighted by atomic mass is 19.4. The Balaban J connectivity index is 2.15. The van der Waals surface area contributed by atoms with Crippen molar-refractivity contribution in [2.45, 2.75) is 32.0 Å². The molecule has 0 heterocycles. The van der Waals surface area contributed by atoms with Gasteiger partial charge < -0.3 is 5.11 Å². The van der Waals surface area contributed by atoms with Crippen molar-refractivity contribution in [2.24, 2.45) is 0 Å². The summed E-state index contributed by atoms with van der Waals surface area (Å²) in [5.41, 5.74) is 1.97. The van der Waals surface area contributed by atoms with Crippen molar-refractivity contribution in [3.8, 4) is 11.1 Å². The van der Waals surface area contributed by atoms with Gasteiger partial charge in [-0.25, -0.2) is 0 Å². The van der Waals surface area contributed by atoms with Gasteiger partial charge in [-0.15, -0.1) is 0 Å². The van der Waals surface area contributed by atoms with Gasteiger partial charge in [-0.2, -0.15) is 13.2 Å². The van der Waals surface area contributed by atoms with Gasteiger partial charge in [-0.05, 0) is 41.7 Å². The van der Waals surface area contributed by atoms with Crippen LogP contribution in [0.2, 0.25) is 0 Å². The van der Waals surface area contributed by atoms with Crippen molar-refractivity contribution in [1.29, 1.82) is 0 Å². The highest BCUT2D eigenvalue weighted by molar-refractivity contribution is 5.64. The Morgan fingerprint density at radius 3 is 1.81 bits per heavy atom. The molecule has 112 valence electrons. The van der Waals surface area contributed by atoms with Gasteiger partial charge in [0.1, 0.15) is 0 Å². The van der Waals surface area contributed by atoms with Crippen LogP contribution in [0.4, 0.5) is 13.2 Å². The second-order valence-electron chi connectivity index (χ2n) is 5.04. The lowest BCUT2D eigenvalue weighted by Crippen LogP contribution is -2.08. The van der Waals surface area contributed by atoms with E-state index in [-0.39, 0.29) is 6.10 Å². The number of rotatable bonds is 4. The van der Waals surface area contributed by atoms with E-state index in [2.05, 4.69) is 0 Å². The fraction of sp³-hybridized carbons (Fsp3) is 0.294. The van der Waals surface area contributed by atoms with Crippen molar-refractivity contribution < 1.29 is 18.3 Å². The molecule has 1 atom stereocenters. The lowest BCUT2D eigenvalue weighted by Gasteiger charge is -2.10. The van der Waals surface area contributed by atoms with Gasteiger partial charge in [0.2, 0.25) is 0 Å². The van der Waals surface area contributed by atoms with E-state index in [1.807, 2.05) is 31.2 Å². The topological polar surface area (TPSA) is 20.2 Å². The standard InChI is InChI=1S/C17H17F3O/c1-2-16(21)11-12-3-5-13(6-4-12)14-7-9-15(10-8-14)17(18,19)20/h3-10,16,21H,2,11H2,1H3. The first-order chi connectivity index (χ1) is 9.90. The summed E-state index contributed by atoms with van der Waals surface area (Å²) in [5, 5.41) is 9.60. The minimum Gasteiger partial charge on any atom is -0.393 e. The molecule has 2 rings (SSSR count). The molecule has 0 aliphatic heterocycles. The minimum atomic E-state index is -4.31. The second kappa shape index (κ2) is 6.31. The number of hydrogen-bond donors (Lipinski definition) is 1. The van der Waals surface area contributed by atoms with Gasteiger partial charge in [0.15, 0.2) is 0 Å². The molecule has 0 saturated heterocycles. The molecule has 0 spiro atoms. The van der Waals surface area contributed by atoms with E-state index >= 15 is 0 Å². The molecule has 1 N–H and O–H groups in total. The van der Waals surface area contributed by atoms with Gasteiger partial charge in [-0.1, -0.05) is 43.3 Å². The zero-order valence-electron chi connectivity index (χ0n) is 11.7. The van der Waals surface area contributed by atoms with Crippen LogP contribution in [0.5, 0.6) is 0 Å². The monoisotopic (exact) mass is 294 g/mol. The van der Waals surface area contributed by atoms with Crippen LogP contribution in [-0.4, -0.2) is 11.2 Å².